The van der Waals surface area contributed by atoms with Crippen LogP contribution in [0.3, 0.4) is 0 Å². The van der Waals surface area contributed by atoms with Gasteiger partial charge in [0.1, 0.15) is 11.6 Å². The van der Waals surface area contributed by atoms with E-state index in [4.69, 9.17) is 16.3 Å². The van der Waals surface area contributed by atoms with E-state index in [0.717, 1.165) is 42.7 Å². The Morgan fingerprint density at radius 3 is 2.45 bits per heavy atom. The molecule has 0 bridgehead atoms. The Bertz CT molecular complexity index is 1410. The molecule has 210 valence electrons. The van der Waals surface area contributed by atoms with E-state index >= 15 is 0 Å². The van der Waals surface area contributed by atoms with Gasteiger partial charge in [-0.05, 0) is 78.3 Å². The number of ether oxygens (including phenoxy) is 1. The molecule has 2 amide bonds. The van der Waals surface area contributed by atoms with Crippen molar-refractivity contribution in [2.45, 2.75) is 50.6 Å². The summed E-state index contributed by atoms with van der Waals surface area (Å²) in [5.41, 5.74) is 3.24. The zero-order valence-electron chi connectivity index (χ0n) is 22.7. The topological polar surface area (TPSA) is 86.2 Å². The van der Waals surface area contributed by atoms with Crippen LogP contribution in [0.2, 0.25) is 5.02 Å². The SMILES string of the molecule is CN(C(=O)N(C1CCN(c2ccncc2)CC1)C1CC(C)(C)c2ccc(OC(=O)O)cc21)c1ccc(F)c(Cl)c1. The van der Waals surface area contributed by atoms with E-state index in [1.54, 1.807) is 31.6 Å². The summed E-state index contributed by atoms with van der Waals surface area (Å²) in [5.74, 6) is -0.337. The highest BCUT2D eigenvalue weighted by Gasteiger charge is 2.45. The van der Waals surface area contributed by atoms with Crippen LogP contribution in [0, 0.1) is 5.82 Å². The number of piperidine rings is 1. The fourth-order valence-electron chi connectivity index (χ4n) is 6.03. The summed E-state index contributed by atoms with van der Waals surface area (Å²) in [5, 5.41) is 9.15. The number of nitrogens with zero attached hydrogens (tertiary/aromatic N) is 4. The minimum atomic E-state index is -1.39. The quantitative estimate of drug-likeness (QED) is 0.267. The number of anilines is 2. The van der Waals surface area contributed by atoms with Crippen molar-refractivity contribution in [3.05, 3.63) is 82.9 Å². The highest BCUT2D eigenvalue weighted by molar-refractivity contribution is 6.31. The molecular formula is C30H32ClFN4O4. The van der Waals surface area contributed by atoms with Crippen LogP contribution in [0.4, 0.5) is 25.4 Å². The van der Waals surface area contributed by atoms with E-state index in [-0.39, 0.29) is 34.3 Å². The van der Waals surface area contributed by atoms with Gasteiger partial charge in [-0.25, -0.2) is 14.0 Å². The molecule has 2 heterocycles. The zero-order chi connectivity index (χ0) is 28.6. The number of pyridine rings is 1. The maximum Gasteiger partial charge on any atom is 0.511 e. The summed E-state index contributed by atoms with van der Waals surface area (Å²) in [7, 11) is 1.66. The molecule has 1 aliphatic carbocycles. The summed E-state index contributed by atoms with van der Waals surface area (Å²) in [6, 6.07) is 12.9. The van der Waals surface area contributed by atoms with Crippen LogP contribution in [0.15, 0.2) is 60.9 Å². The molecule has 3 aromatic rings. The second-order valence-electron chi connectivity index (χ2n) is 11.0. The summed E-state index contributed by atoms with van der Waals surface area (Å²) >= 11 is 6.06. The van der Waals surface area contributed by atoms with Gasteiger partial charge >= 0.3 is 12.2 Å². The van der Waals surface area contributed by atoms with Crippen molar-refractivity contribution >= 4 is 35.2 Å². The Kier molecular flexibility index (Phi) is 7.59. The Labute approximate surface area is 237 Å². The average molecular weight is 567 g/mol. The number of hydrogen-bond acceptors (Lipinski definition) is 5. The van der Waals surface area contributed by atoms with Crippen molar-refractivity contribution in [3.63, 3.8) is 0 Å². The number of hydrogen-bond donors (Lipinski definition) is 1. The van der Waals surface area contributed by atoms with Crippen LogP contribution in [0.5, 0.6) is 5.75 Å². The smallest absolute Gasteiger partial charge is 0.449 e. The van der Waals surface area contributed by atoms with Crippen LogP contribution in [0.25, 0.3) is 0 Å². The summed E-state index contributed by atoms with van der Waals surface area (Å²) < 4.78 is 18.9. The molecule has 0 spiro atoms. The van der Waals surface area contributed by atoms with Gasteiger partial charge < -0.3 is 19.6 Å². The average Bonchev–Trinajstić information content (AvgIpc) is 3.19. The number of benzene rings is 2. The van der Waals surface area contributed by atoms with E-state index < -0.39 is 12.0 Å². The lowest BCUT2D eigenvalue weighted by Crippen LogP contribution is -2.52. The highest BCUT2D eigenvalue weighted by atomic mass is 35.5. The molecule has 1 saturated heterocycles. The number of carbonyl (C=O) groups is 2. The lowest BCUT2D eigenvalue weighted by molar-refractivity contribution is 0.129. The van der Waals surface area contributed by atoms with Gasteiger partial charge in [0.25, 0.3) is 0 Å². The monoisotopic (exact) mass is 566 g/mol. The van der Waals surface area contributed by atoms with E-state index in [9.17, 15) is 19.1 Å². The van der Waals surface area contributed by atoms with Crippen LogP contribution in [-0.2, 0) is 5.41 Å². The number of aromatic nitrogens is 1. The van der Waals surface area contributed by atoms with Gasteiger partial charge in [-0.2, -0.15) is 0 Å². The maximum atomic E-state index is 14.3. The lowest BCUT2D eigenvalue weighted by atomic mass is 9.86. The minimum Gasteiger partial charge on any atom is -0.449 e. The third-order valence-electron chi connectivity index (χ3n) is 8.04. The van der Waals surface area contributed by atoms with Crippen molar-refractivity contribution in [1.29, 1.82) is 0 Å². The van der Waals surface area contributed by atoms with Gasteiger partial charge in [0.2, 0.25) is 0 Å². The van der Waals surface area contributed by atoms with Gasteiger partial charge in [0, 0.05) is 49.9 Å². The van der Waals surface area contributed by atoms with Gasteiger partial charge in [0.05, 0.1) is 11.1 Å². The summed E-state index contributed by atoms with van der Waals surface area (Å²) in [6.07, 6.45) is 4.29. The molecule has 1 atom stereocenters. The first-order valence-corrected chi connectivity index (χ1v) is 13.6. The normalized spacial score (nSPS) is 18.2. The standard InChI is InChI=1S/C30H32ClFN4O4/c1-30(2)18-27(23-17-22(40-29(38)39)5-6-24(23)30)36(28(37)34(3)21-4-7-26(32)25(31)16-21)20-10-14-35(15-11-20)19-8-12-33-13-9-19/h4-9,12-13,16-17,20,27H,10-11,14-15,18H2,1-3H3,(H,38,39). The van der Waals surface area contributed by atoms with E-state index in [0.29, 0.717) is 12.1 Å². The fourth-order valence-corrected chi connectivity index (χ4v) is 6.20. The van der Waals surface area contributed by atoms with Crippen LogP contribution in [-0.4, -0.2) is 53.4 Å². The molecule has 0 radical (unpaired) electrons. The Morgan fingerprint density at radius 2 is 1.80 bits per heavy atom. The molecule has 2 aliphatic rings. The number of halogens is 2. The molecule has 1 aromatic heterocycles. The molecule has 10 heteroatoms. The second-order valence-corrected chi connectivity index (χ2v) is 11.4. The third-order valence-corrected chi connectivity index (χ3v) is 8.33. The number of rotatable bonds is 5. The van der Waals surface area contributed by atoms with Crippen LogP contribution < -0.4 is 14.5 Å². The lowest BCUT2D eigenvalue weighted by Gasteiger charge is -2.44. The van der Waals surface area contributed by atoms with Gasteiger partial charge in [-0.15, -0.1) is 0 Å². The summed E-state index contributed by atoms with van der Waals surface area (Å²) in [6.45, 7) is 5.77. The zero-order valence-corrected chi connectivity index (χ0v) is 23.4. The van der Waals surface area contributed by atoms with Gasteiger partial charge in [-0.3, -0.25) is 9.88 Å². The number of amides is 2. The number of carboxylic acid groups (broad SMARTS) is 1. The predicted octanol–water partition coefficient (Wildman–Crippen LogP) is 6.88. The summed E-state index contributed by atoms with van der Waals surface area (Å²) in [4.78, 5) is 35.4. The van der Waals surface area contributed by atoms with Crippen LogP contribution in [0.1, 0.15) is 50.3 Å². The molecule has 1 aliphatic heterocycles. The van der Waals surface area contributed by atoms with Crippen molar-refractivity contribution in [3.8, 4) is 5.75 Å². The molecule has 5 rings (SSSR count). The fraction of sp³-hybridized carbons (Fsp3) is 0.367. The molecule has 8 nitrogen and oxygen atoms in total. The minimum absolute atomic E-state index is 0.0582. The second kappa shape index (κ2) is 11.0. The first kappa shape index (κ1) is 27.7. The molecule has 2 aromatic carbocycles. The van der Waals surface area contributed by atoms with Crippen molar-refractivity contribution in [2.24, 2.45) is 0 Å². The Hall–Kier alpha value is -3.85. The number of carbonyl (C=O) groups excluding carboxylic acids is 1. The van der Waals surface area contributed by atoms with Gasteiger partial charge in [0.15, 0.2) is 0 Å². The van der Waals surface area contributed by atoms with Crippen molar-refractivity contribution < 1.29 is 23.8 Å². The Morgan fingerprint density at radius 1 is 1.10 bits per heavy atom. The molecule has 1 fully saturated rings. The van der Waals surface area contributed by atoms with Crippen LogP contribution >= 0.6 is 11.6 Å². The molecule has 0 saturated carbocycles. The number of fused-ring (bicyclic) bond motifs is 1. The first-order valence-electron chi connectivity index (χ1n) is 13.3. The van der Waals surface area contributed by atoms with Crippen molar-refractivity contribution in [2.75, 3.05) is 29.9 Å². The molecular weight excluding hydrogens is 535 g/mol. The van der Waals surface area contributed by atoms with Gasteiger partial charge in [-0.1, -0.05) is 31.5 Å². The van der Waals surface area contributed by atoms with E-state index in [2.05, 4.69) is 23.7 Å². The van der Waals surface area contributed by atoms with E-state index in [1.165, 1.54) is 23.1 Å². The largest absolute Gasteiger partial charge is 0.511 e. The third kappa shape index (κ3) is 5.43. The highest BCUT2D eigenvalue weighted by Crippen LogP contribution is 2.50. The molecule has 1 unspecified atom stereocenters. The van der Waals surface area contributed by atoms with Crippen molar-refractivity contribution in [1.82, 2.24) is 9.88 Å². The molecule has 1 N–H and O–H groups in total. The molecule has 40 heavy (non-hydrogen) atoms. The van der Waals surface area contributed by atoms with E-state index in [1.807, 2.05) is 23.1 Å². The Balaban J connectivity index is 1.51. The maximum absolute atomic E-state index is 14.3. The predicted molar refractivity (Wildman–Crippen MR) is 152 cm³/mol. The first-order chi connectivity index (χ1) is 19.0. The number of urea groups is 1.